The Morgan fingerprint density at radius 2 is 1.04 bits per heavy atom. The number of aromatic nitrogens is 4. The number of nitrogens with zero attached hydrogens (tertiary/aromatic N) is 2. The molecule has 2 heterocycles. The second-order valence-corrected chi connectivity index (χ2v) is 3.61. The zero-order chi connectivity index (χ0) is 16.2. The first-order valence-corrected chi connectivity index (χ1v) is 6.02. The summed E-state index contributed by atoms with van der Waals surface area (Å²) in [5, 5.41) is 19.7. The first kappa shape index (κ1) is 20.1. The van der Waals surface area contributed by atoms with E-state index in [1.165, 1.54) is 24.8 Å². The van der Waals surface area contributed by atoms with Gasteiger partial charge in [0, 0.05) is 24.8 Å². The Bertz CT molecular complexity index is 586. The summed E-state index contributed by atoms with van der Waals surface area (Å²) >= 11 is 0. The molecule has 2 aromatic heterocycles. The van der Waals surface area contributed by atoms with Crippen LogP contribution in [0.1, 0.15) is 21.2 Å². The van der Waals surface area contributed by atoms with Crippen molar-refractivity contribution in [2.75, 3.05) is 0 Å². The summed E-state index contributed by atoms with van der Waals surface area (Å²) in [6, 6.07) is 12.0. The van der Waals surface area contributed by atoms with Crippen LogP contribution in [0.5, 0.6) is 0 Å². The van der Waals surface area contributed by atoms with Crippen LogP contribution in [0, 0.1) is 0 Å². The van der Waals surface area contributed by atoms with E-state index >= 15 is 0 Å². The van der Waals surface area contributed by atoms with Gasteiger partial charge in [0.2, 0.25) is 0 Å². The van der Waals surface area contributed by atoms with Gasteiger partial charge in [0.15, 0.2) is 11.6 Å². The summed E-state index contributed by atoms with van der Waals surface area (Å²) in [7, 11) is 0. The minimum atomic E-state index is -1.28. The van der Waals surface area contributed by atoms with Gasteiger partial charge < -0.3 is 29.8 Å². The van der Waals surface area contributed by atoms with E-state index in [4.69, 9.17) is 0 Å². The van der Waals surface area contributed by atoms with E-state index in [2.05, 4.69) is 19.9 Å². The van der Waals surface area contributed by atoms with Crippen molar-refractivity contribution in [1.29, 1.82) is 0 Å². The minimum Gasteiger partial charge on any atom is -0.542 e. The topological polar surface area (TPSA) is 138 Å². The van der Waals surface area contributed by atoms with Crippen LogP contribution < -0.4 is 10.2 Å². The molecule has 0 unspecified atom stereocenters. The van der Waals surface area contributed by atoms with Crippen molar-refractivity contribution in [2.45, 2.75) is 0 Å². The van der Waals surface area contributed by atoms with Gasteiger partial charge in [0.05, 0.1) is 0 Å². The number of carboxylic acids is 2. The number of hydrogen-bond donors (Lipinski definition) is 2. The van der Waals surface area contributed by atoms with Gasteiger partial charge >= 0.3 is 17.1 Å². The van der Waals surface area contributed by atoms with E-state index in [9.17, 15) is 19.8 Å². The molecule has 9 heteroatoms. The number of carbonyl (C=O) groups excluding carboxylic acids is 2. The number of hydrogen-bond acceptors (Lipinski definition) is 6. The molecular formula is C14H12CuN4O4. The summed E-state index contributed by atoms with van der Waals surface area (Å²) < 4.78 is 0. The van der Waals surface area contributed by atoms with Crippen LogP contribution in [-0.2, 0) is 17.1 Å². The van der Waals surface area contributed by atoms with Gasteiger partial charge in [-0.2, -0.15) is 0 Å². The molecule has 0 aliphatic rings. The molecule has 1 radical (unpaired) electrons. The van der Waals surface area contributed by atoms with Crippen LogP contribution >= 0.6 is 0 Å². The van der Waals surface area contributed by atoms with Crippen molar-refractivity contribution in [3.05, 3.63) is 72.8 Å². The summed E-state index contributed by atoms with van der Waals surface area (Å²) in [6.07, 6.45) is 5.55. The molecule has 0 aliphatic heterocycles. The number of H-pyrrole nitrogens is 2. The molecule has 1 aromatic carbocycles. The van der Waals surface area contributed by atoms with Gasteiger partial charge in [-0.1, -0.05) is 36.4 Å². The molecule has 23 heavy (non-hydrogen) atoms. The average Bonchev–Trinajstić information content (AvgIpc) is 3.24. The molecule has 3 aromatic rings. The summed E-state index contributed by atoms with van der Waals surface area (Å²) in [5.41, 5.74) is 0. The van der Waals surface area contributed by atoms with Crippen molar-refractivity contribution in [1.82, 2.24) is 19.9 Å². The zero-order valence-corrected chi connectivity index (χ0v) is 12.5. The predicted octanol–water partition coefficient (Wildman–Crippen LogP) is -0.769. The molecule has 0 atom stereocenters. The fraction of sp³-hybridized carbons (Fsp3) is 0. The normalized spacial score (nSPS) is 8.35. The van der Waals surface area contributed by atoms with Gasteiger partial charge in [-0.05, 0) is 0 Å². The fourth-order valence-electron chi connectivity index (χ4n) is 1.14. The summed E-state index contributed by atoms with van der Waals surface area (Å²) in [4.78, 5) is 31.2. The standard InChI is InChI=1S/C6H6.2C4H4N2O2.Cu/c1-2-4-6-5-3-1;2*7-4(8)3-5-1-2-6-3;/h1-6H;2*1-2H,(H,5,6)(H,7,8);/q;;;+2/p-2. The maximum atomic E-state index is 9.86. The molecule has 0 saturated carbocycles. The fourth-order valence-corrected chi connectivity index (χ4v) is 1.14. The number of nitrogens with one attached hydrogen (secondary N) is 2. The van der Waals surface area contributed by atoms with Gasteiger partial charge in [-0.25, -0.2) is 9.97 Å². The number of rotatable bonds is 2. The maximum Gasteiger partial charge on any atom is 2.00 e. The second-order valence-electron chi connectivity index (χ2n) is 3.61. The van der Waals surface area contributed by atoms with E-state index in [-0.39, 0.29) is 28.7 Å². The summed E-state index contributed by atoms with van der Waals surface area (Å²) in [6.45, 7) is 0. The van der Waals surface area contributed by atoms with Crippen molar-refractivity contribution in [2.24, 2.45) is 0 Å². The van der Waals surface area contributed by atoms with Gasteiger partial charge in [-0.15, -0.1) is 0 Å². The van der Waals surface area contributed by atoms with Crippen LogP contribution in [0.25, 0.3) is 0 Å². The van der Waals surface area contributed by atoms with Crippen LogP contribution in [0.2, 0.25) is 0 Å². The van der Waals surface area contributed by atoms with Crippen molar-refractivity contribution in [3.63, 3.8) is 0 Å². The first-order valence-electron chi connectivity index (χ1n) is 6.02. The third-order valence-corrected chi connectivity index (χ3v) is 2.05. The van der Waals surface area contributed by atoms with E-state index in [1.54, 1.807) is 0 Å². The van der Waals surface area contributed by atoms with Crippen LogP contribution in [0.15, 0.2) is 61.2 Å². The Balaban J connectivity index is 0.000000312. The van der Waals surface area contributed by atoms with E-state index in [0.29, 0.717) is 0 Å². The van der Waals surface area contributed by atoms with Crippen LogP contribution in [0.3, 0.4) is 0 Å². The number of benzene rings is 1. The quantitative estimate of drug-likeness (QED) is 0.573. The first-order chi connectivity index (χ1) is 10.6. The van der Waals surface area contributed by atoms with Crippen molar-refractivity contribution >= 4 is 11.9 Å². The average molecular weight is 364 g/mol. The maximum absolute atomic E-state index is 9.86. The van der Waals surface area contributed by atoms with E-state index in [0.717, 1.165) is 0 Å². The van der Waals surface area contributed by atoms with Crippen LogP contribution in [0.4, 0.5) is 0 Å². The Kier molecular flexibility index (Phi) is 10.2. The molecule has 0 bridgehead atoms. The number of aromatic carboxylic acids is 2. The van der Waals surface area contributed by atoms with E-state index in [1.807, 2.05) is 36.4 Å². The molecule has 3 rings (SSSR count). The second kappa shape index (κ2) is 11.7. The Labute approximate surface area is 142 Å². The van der Waals surface area contributed by atoms with Gasteiger partial charge in [0.25, 0.3) is 0 Å². The Hall–Kier alpha value is -2.90. The minimum absolute atomic E-state index is 0. The molecule has 0 spiro atoms. The monoisotopic (exact) mass is 363 g/mol. The SMILES string of the molecule is O=C([O-])c1ncc[nH]1.O=C([O-])c1ncc[nH]1.[Cu+2].c1ccccc1. The number of carbonyl (C=O) groups is 2. The molecule has 0 aliphatic carbocycles. The smallest absolute Gasteiger partial charge is 0.542 e. The number of carboxylic acid groups (broad SMARTS) is 2. The van der Waals surface area contributed by atoms with Crippen molar-refractivity contribution < 1.29 is 36.9 Å². The molecule has 8 nitrogen and oxygen atoms in total. The Morgan fingerprint density at radius 3 is 1.17 bits per heavy atom. The number of imidazole rings is 2. The van der Waals surface area contributed by atoms with Crippen molar-refractivity contribution in [3.8, 4) is 0 Å². The Morgan fingerprint density at radius 1 is 0.739 bits per heavy atom. The summed E-state index contributed by atoms with van der Waals surface area (Å²) in [5.74, 6) is -2.83. The molecule has 123 valence electrons. The third-order valence-electron chi connectivity index (χ3n) is 2.05. The molecular weight excluding hydrogens is 352 g/mol. The van der Waals surface area contributed by atoms with Gasteiger partial charge in [0.1, 0.15) is 11.9 Å². The largest absolute Gasteiger partial charge is 2.00 e. The zero-order valence-electron chi connectivity index (χ0n) is 11.6. The number of aromatic amines is 2. The molecule has 0 saturated heterocycles. The molecule has 0 fully saturated rings. The predicted molar refractivity (Wildman–Crippen MR) is 72.3 cm³/mol. The van der Waals surface area contributed by atoms with Crippen LogP contribution in [-0.4, -0.2) is 31.9 Å². The van der Waals surface area contributed by atoms with Gasteiger partial charge in [-0.3, -0.25) is 0 Å². The molecule has 2 N–H and O–H groups in total. The van der Waals surface area contributed by atoms with E-state index < -0.39 is 11.9 Å². The third kappa shape index (κ3) is 8.86. The molecule has 0 amide bonds.